The minimum atomic E-state index is -3.93. The smallest absolute Gasteiger partial charge is 0.246 e. The first-order chi connectivity index (χ1) is 12.2. The molecule has 0 atom stereocenters. The Morgan fingerprint density at radius 2 is 2.00 bits per heavy atom. The van der Waals surface area contributed by atoms with Crippen molar-refractivity contribution in [3.8, 4) is 0 Å². The van der Waals surface area contributed by atoms with Crippen molar-refractivity contribution < 1.29 is 13.2 Å². The third-order valence-corrected chi connectivity index (χ3v) is 6.07. The molecule has 0 bridgehead atoms. The monoisotopic (exact) mass is 460 g/mol. The van der Waals surface area contributed by atoms with E-state index in [-0.39, 0.29) is 17.3 Å². The molecule has 140 valence electrons. The molecule has 7 nitrogen and oxygen atoms in total. The summed E-state index contributed by atoms with van der Waals surface area (Å²) in [5, 5.41) is 3.34. The summed E-state index contributed by atoms with van der Waals surface area (Å²) in [6, 6.07) is 8.64. The molecule has 0 saturated carbocycles. The predicted molar refractivity (Wildman–Crippen MR) is 104 cm³/mol. The van der Waals surface area contributed by atoms with Gasteiger partial charge in [0.05, 0.1) is 6.54 Å². The molecular formula is C16H18BrClN4O3S. The van der Waals surface area contributed by atoms with Gasteiger partial charge in [-0.25, -0.2) is 13.4 Å². The average molecular weight is 462 g/mol. The van der Waals surface area contributed by atoms with E-state index in [1.165, 1.54) is 19.3 Å². The van der Waals surface area contributed by atoms with Gasteiger partial charge in [-0.15, -0.1) is 0 Å². The van der Waals surface area contributed by atoms with Crippen LogP contribution in [0.15, 0.2) is 45.9 Å². The number of amides is 1. The van der Waals surface area contributed by atoms with Crippen LogP contribution in [0.3, 0.4) is 0 Å². The Labute approximate surface area is 165 Å². The van der Waals surface area contributed by atoms with Gasteiger partial charge in [0.1, 0.15) is 10.7 Å². The number of nitrogens with two attached hydrogens (primary N) is 1. The average Bonchev–Trinajstić information content (AvgIpc) is 2.58. The van der Waals surface area contributed by atoms with Crippen LogP contribution in [0.1, 0.15) is 5.56 Å². The molecule has 1 aromatic heterocycles. The van der Waals surface area contributed by atoms with E-state index in [1.807, 2.05) is 12.1 Å². The molecular weight excluding hydrogens is 444 g/mol. The Morgan fingerprint density at radius 1 is 1.35 bits per heavy atom. The van der Waals surface area contributed by atoms with Crippen LogP contribution in [0.2, 0.25) is 5.02 Å². The number of nitrogens with zero attached hydrogens (tertiary/aromatic N) is 2. The van der Waals surface area contributed by atoms with Crippen LogP contribution in [0, 0.1) is 0 Å². The topological polar surface area (TPSA) is 105 Å². The number of sulfonamides is 1. The first-order valence-electron chi connectivity index (χ1n) is 7.58. The fourth-order valence-corrected chi connectivity index (χ4v) is 3.97. The first kappa shape index (κ1) is 20.6. The summed E-state index contributed by atoms with van der Waals surface area (Å²) < 4.78 is 26.5. The molecule has 0 aliphatic rings. The maximum absolute atomic E-state index is 12.6. The molecule has 10 heteroatoms. The van der Waals surface area contributed by atoms with Gasteiger partial charge >= 0.3 is 0 Å². The zero-order valence-electron chi connectivity index (χ0n) is 13.9. The number of carbonyl (C=O) groups excluding carboxylic acids is 1. The van der Waals surface area contributed by atoms with Crippen LogP contribution >= 0.6 is 27.5 Å². The maximum Gasteiger partial charge on any atom is 0.246 e. The van der Waals surface area contributed by atoms with Gasteiger partial charge in [-0.3, -0.25) is 4.79 Å². The summed E-state index contributed by atoms with van der Waals surface area (Å²) in [7, 11) is -2.61. The molecule has 2 aromatic rings. The molecule has 3 N–H and O–H groups in total. The number of rotatable bonds is 7. The molecule has 26 heavy (non-hydrogen) atoms. The Balaban J connectivity index is 1.93. The maximum atomic E-state index is 12.6. The van der Waals surface area contributed by atoms with Gasteiger partial charge < -0.3 is 11.1 Å². The van der Waals surface area contributed by atoms with Crippen molar-refractivity contribution in [2.75, 3.05) is 25.9 Å². The second kappa shape index (κ2) is 8.81. The fraction of sp³-hybridized carbons (Fsp3) is 0.250. The molecule has 1 aromatic carbocycles. The van der Waals surface area contributed by atoms with Gasteiger partial charge in [0, 0.05) is 29.3 Å². The number of anilines is 1. The van der Waals surface area contributed by atoms with Crippen molar-refractivity contribution in [2.45, 2.75) is 11.3 Å². The van der Waals surface area contributed by atoms with E-state index in [2.05, 4.69) is 26.2 Å². The third-order valence-electron chi connectivity index (χ3n) is 3.55. The SMILES string of the molecule is CN(CC(=O)NCCc1ccc(Cl)cc1)S(=O)(=O)c1cc(Br)cnc1N. The molecule has 0 spiro atoms. The lowest BCUT2D eigenvalue weighted by Crippen LogP contribution is -2.39. The summed E-state index contributed by atoms with van der Waals surface area (Å²) in [5.74, 6) is -0.533. The van der Waals surface area contributed by atoms with Gasteiger partial charge in [0.25, 0.3) is 0 Å². The Bertz CT molecular complexity index is 891. The van der Waals surface area contributed by atoms with Crippen LogP contribution in [-0.2, 0) is 21.2 Å². The second-order valence-electron chi connectivity index (χ2n) is 5.52. The van der Waals surface area contributed by atoms with Crippen LogP contribution in [0.4, 0.5) is 5.82 Å². The van der Waals surface area contributed by atoms with E-state index in [0.29, 0.717) is 22.5 Å². The molecule has 0 unspecified atom stereocenters. The lowest BCUT2D eigenvalue weighted by Gasteiger charge is -2.17. The van der Waals surface area contributed by atoms with Crippen molar-refractivity contribution in [1.82, 2.24) is 14.6 Å². The van der Waals surface area contributed by atoms with Crippen molar-refractivity contribution >= 4 is 49.3 Å². The lowest BCUT2D eigenvalue weighted by atomic mass is 10.1. The lowest BCUT2D eigenvalue weighted by molar-refractivity contribution is -0.121. The number of halogens is 2. The Kier molecular flexibility index (Phi) is 6.99. The summed E-state index contributed by atoms with van der Waals surface area (Å²) >= 11 is 8.98. The highest BCUT2D eigenvalue weighted by atomic mass is 79.9. The summed E-state index contributed by atoms with van der Waals surface area (Å²) in [6.07, 6.45) is 2.01. The number of carbonyl (C=O) groups is 1. The largest absolute Gasteiger partial charge is 0.383 e. The number of nitrogens with one attached hydrogen (secondary N) is 1. The highest BCUT2D eigenvalue weighted by molar-refractivity contribution is 9.10. The van der Waals surface area contributed by atoms with Gasteiger partial charge in [0.2, 0.25) is 15.9 Å². The van der Waals surface area contributed by atoms with Gasteiger partial charge in [-0.05, 0) is 46.1 Å². The number of aromatic nitrogens is 1. The van der Waals surface area contributed by atoms with Gasteiger partial charge in [0.15, 0.2) is 0 Å². The highest BCUT2D eigenvalue weighted by Crippen LogP contribution is 2.23. The fourth-order valence-electron chi connectivity index (χ4n) is 2.15. The number of hydrogen-bond acceptors (Lipinski definition) is 5. The van der Waals surface area contributed by atoms with E-state index < -0.39 is 15.9 Å². The van der Waals surface area contributed by atoms with E-state index in [9.17, 15) is 13.2 Å². The molecule has 0 radical (unpaired) electrons. The van der Waals surface area contributed by atoms with E-state index in [0.717, 1.165) is 9.87 Å². The molecule has 0 fully saturated rings. The van der Waals surface area contributed by atoms with Gasteiger partial charge in [-0.2, -0.15) is 4.31 Å². The predicted octanol–water partition coefficient (Wildman–Crippen LogP) is 2.06. The standard InChI is InChI=1S/C16H18BrClN4O3S/c1-22(26(24,25)14-8-12(17)9-21-16(14)19)10-15(23)20-7-6-11-2-4-13(18)5-3-11/h2-5,8-9H,6-7,10H2,1H3,(H2,19,21)(H,20,23). The third kappa shape index (κ3) is 5.41. The molecule has 1 heterocycles. The van der Waals surface area contributed by atoms with Gasteiger partial charge in [-0.1, -0.05) is 23.7 Å². The molecule has 1 amide bonds. The molecule has 0 saturated heterocycles. The van der Waals surface area contributed by atoms with Crippen molar-refractivity contribution in [3.63, 3.8) is 0 Å². The summed E-state index contributed by atoms with van der Waals surface area (Å²) in [5.41, 5.74) is 6.67. The van der Waals surface area contributed by atoms with Crippen LogP contribution < -0.4 is 11.1 Å². The number of benzene rings is 1. The van der Waals surface area contributed by atoms with E-state index in [1.54, 1.807) is 12.1 Å². The Morgan fingerprint density at radius 3 is 2.65 bits per heavy atom. The first-order valence-corrected chi connectivity index (χ1v) is 10.2. The molecule has 2 rings (SSSR count). The number of hydrogen-bond donors (Lipinski definition) is 2. The van der Waals surface area contributed by atoms with Crippen molar-refractivity contribution in [1.29, 1.82) is 0 Å². The number of pyridine rings is 1. The molecule has 0 aliphatic heterocycles. The Hall–Kier alpha value is -1.68. The highest BCUT2D eigenvalue weighted by Gasteiger charge is 2.26. The van der Waals surface area contributed by atoms with Crippen LogP contribution in [-0.4, -0.2) is 43.8 Å². The van der Waals surface area contributed by atoms with Crippen molar-refractivity contribution in [2.24, 2.45) is 0 Å². The minimum Gasteiger partial charge on any atom is -0.383 e. The second-order valence-corrected chi connectivity index (χ2v) is 8.89. The zero-order valence-corrected chi connectivity index (χ0v) is 17.1. The zero-order chi connectivity index (χ0) is 19.3. The van der Waals surface area contributed by atoms with E-state index in [4.69, 9.17) is 17.3 Å². The molecule has 0 aliphatic carbocycles. The van der Waals surface area contributed by atoms with Crippen molar-refractivity contribution in [3.05, 3.63) is 51.6 Å². The van der Waals surface area contributed by atoms with Crippen LogP contribution in [0.25, 0.3) is 0 Å². The van der Waals surface area contributed by atoms with Crippen LogP contribution in [0.5, 0.6) is 0 Å². The van der Waals surface area contributed by atoms with E-state index >= 15 is 0 Å². The number of likely N-dealkylation sites (N-methyl/N-ethyl adjacent to an activating group) is 1. The summed E-state index contributed by atoms with van der Waals surface area (Å²) in [6.45, 7) is 0.0594. The minimum absolute atomic E-state index is 0.122. The summed E-state index contributed by atoms with van der Waals surface area (Å²) in [4.78, 5) is 15.7. The quantitative estimate of drug-likeness (QED) is 0.656. The number of nitrogen functional groups attached to an aromatic ring is 1. The normalized spacial score (nSPS) is 11.5.